The summed E-state index contributed by atoms with van der Waals surface area (Å²) in [5.41, 5.74) is 3.20. The molecule has 0 unspecified atom stereocenters. The van der Waals surface area contributed by atoms with Gasteiger partial charge in [-0.1, -0.05) is 6.92 Å². The van der Waals surface area contributed by atoms with Crippen molar-refractivity contribution < 1.29 is 9.53 Å². The van der Waals surface area contributed by atoms with Crippen molar-refractivity contribution >= 4 is 5.91 Å². The van der Waals surface area contributed by atoms with Crippen LogP contribution in [0.1, 0.15) is 48.4 Å². The summed E-state index contributed by atoms with van der Waals surface area (Å²) >= 11 is 0. The number of hydrogen-bond acceptors (Lipinski definition) is 3. The Bertz CT molecular complexity index is 515. The van der Waals surface area contributed by atoms with E-state index in [0.717, 1.165) is 63.4 Å². The van der Waals surface area contributed by atoms with Crippen LogP contribution in [-0.4, -0.2) is 35.4 Å². The van der Waals surface area contributed by atoms with Crippen molar-refractivity contribution in [2.45, 2.75) is 46.1 Å². The van der Waals surface area contributed by atoms with Crippen molar-refractivity contribution in [1.29, 1.82) is 0 Å². The first-order valence-electron chi connectivity index (χ1n) is 7.63. The first kappa shape index (κ1) is 13.6. The van der Waals surface area contributed by atoms with E-state index in [1.165, 1.54) is 5.56 Å². The van der Waals surface area contributed by atoms with Crippen LogP contribution in [0, 0.1) is 5.41 Å². The third-order valence-electron chi connectivity index (χ3n) is 4.71. The third-order valence-corrected chi connectivity index (χ3v) is 4.71. The monoisotopic (exact) mass is 277 g/mol. The van der Waals surface area contributed by atoms with Crippen LogP contribution in [0.4, 0.5) is 0 Å². The van der Waals surface area contributed by atoms with Crippen molar-refractivity contribution in [3.63, 3.8) is 0 Å². The number of aryl methyl sites for hydroxylation is 2. The number of carbonyl (C=O) groups excluding carboxylic acids is 1. The standard InChI is InChI=1S/C15H23N3O2/c1-3-12-11-9-15(5-7-20-8-6-15)10-16-14(19)13(11)18(4-2)17-12/h3-10H2,1-2H3,(H,16,19). The second-order valence-electron chi connectivity index (χ2n) is 5.91. The van der Waals surface area contributed by atoms with E-state index in [1.54, 1.807) is 0 Å². The minimum atomic E-state index is 0.0393. The molecule has 0 bridgehead atoms. The molecule has 1 aromatic heterocycles. The molecule has 0 saturated carbocycles. The number of rotatable bonds is 2. The van der Waals surface area contributed by atoms with Crippen LogP contribution >= 0.6 is 0 Å². The van der Waals surface area contributed by atoms with Gasteiger partial charge in [-0.25, -0.2) is 0 Å². The highest BCUT2D eigenvalue weighted by Gasteiger charge is 2.39. The Morgan fingerprint density at radius 2 is 2.10 bits per heavy atom. The zero-order chi connectivity index (χ0) is 14.2. The molecule has 1 fully saturated rings. The maximum Gasteiger partial charge on any atom is 0.269 e. The number of hydrogen-bond donors (Lipinski definition) is 1. The summed E-state index contributed by atoms with van der Waals surface area (Å²) in [4.78, 5) is 12.4. The first-order valence-corrected chi connectivity index (χ1v) is 7.63. The summed E-state index contributed by atoms with van der Waals surface area (Å²) in [5.74, 6) is 0.0393. The Morgan fingerprint density at radius 3 is 2.75 bits per heavy atom. The average Bonchev–Trinajstić information content (AvgIpc) is 2.76. The van der Waals surface area contributed by atoms with Crippen LogP contribution in [0.3, 0.4) is 0 Å². The van der Waals surface area contributed by atoms with Crippen molar-refractivity contribution in [3.05, 3.63) is 17.0 Å². The lowest BCUT2D eigenvalue weighted by atomic mass is 9.75. The molecule has 3 rings (SSSR count). The molecule has 1 spiro atoms. The fourth-order valence-corrected chi connectivity index (χ4v) is 3.45. The lowest BCUT2D eigenvalue weighted by molar-refractivity contribution is 0.0160. The molecule has 20 heavy (non-hydrogen) atoms. The van der Waals surface area contributed by atoms with E-state index in [4.69, 9.17) is 4.74 Å². The van der Waals surface area contributed by atoms with E-state index >= 15 is 0 Å². The van der Waals surface area contributed by atoms with Gasteiger partial charge in [0.15, 0.2) is 0 Å². The Kier molecular flexibility index (Phi) is 3.54. The molecule has 2 aliphatic heterocycles. The second kappa shape index (κ2) is 5.20. The summed E-state index contributed by atoms with van der Waals surface area (Å²) in [6, 6.07) is 0. The van der Waals surface area contributed by atoms with Gasteiger partial charge in [0.2, 0.25) is 0 Å². The molecular weight excluding hydrogens is 254 g/mol. The Hall–Kier alpha value is -1.36. The fraction of sp³-hybridized carbons (Fsp3) is 0.733. The zero-order valence-electron chi connectivity index (χ0n) is 12.4. The maximum absolute atomic E-state index is 12.4. The van der Waals surface area contributed by atoms with Crippen LogP contribution < -0.4 is 5.32 Å². The predicted molar refractivity (Wildman–Crippen MR) is 75.8 cm³/mol. The van der Waals surface area contributed by atoms with E-state index in [2.05, 4.69) is 17.3 Å². The van der Waals surface area contributed by atoms with Gasteiger partial charge in [0.05, 0.1) is 5.69 Å². The first-order chi connectivity index (χ1) is 9.69. The number of ether oxygens (including phenoxy) is 1. The largest absolute Gasteiger partial charge is 0.381 e. The summed E-state index contributed by atoms with van der Waals surface area (Å²) in [5, 5.41) is 7.74. The highest BCUT2D eigenvalue weighted by Crippen LogP contribution is 2.37. The molecule has 1 aromatic rings. The third kappa shape index (κ3) is 2.14. The van der Waals surface area contributed by atoms with Gasteiger partial charge in [-0.05, 0) is 38.0 Å². The van der Waals surface area contributed by atoms with Crippen molar-refractivity contribution in [2.24, 2.45) is 5.41 Å². The van der Waals surface area contributed by atoms with Gasteiger partial charge in [-0.3, -0.25) is 9.48 Å². The van der Waals surface area contributed by atoms with E-state index in [-0.39, 0.29) is 11.3 Å². The van der Waals surface area contributed by atoms with Crippen LogP contribution in [-0.2, 0) is 24.1 Å². The molecule has 1 N–H and O–H groups in total. The average molecular weight is 277 g/mol. The number of fused-ring (bicyclic) bond motifs is 1. The van der Waals surface area contributed by atoms with E-state index in [9.17, 15) is 4.79 Å². The summed E-state index contributed by atoms with van der Waals surface area (Å²) < 4.78 is 7.36. The summed E-state index contributed by atoms with van der Waals surface area (Å²) in [7, 11) is 0. The molecule has 0 aromatic carbocycles. The van der Waals surface area contributed by atoms with Crippen LogP contribution in [0.25, 0.3) is 0 Å². The van der Waals surface area contributed by atoms with Crippen LogP contribution in [0.2, 0.25) is 0 Å². The number of nitrogens with zero attached hydrogens (tertiary/aromatic N) is 2. The zero-order valence-corrected chi connectivity index (χ0v) is 12.4. The van der Waals surface area contributed by atoms with E-state index in [0.29, 0.717) is 0 Å². The smallest absolute Gasteiger partial charge is 0.269 e. The van der Waals surface area contributed by atoms with Crippen LogP contribution in [0.15, 0.2) is 0 Å². The maximum atomic E-state index is 12.4. The van der Waals surface area contributed by atoms with Gasteiger partial charge < -0.3 is 10.1 Å². The summed E-state index contributed by atoms with van der Waals surface area (Å²) in [6.07, 6.45) is 3.88. The minimum Gasteiger partial charge on any atom is -0.381 e. The fourth-order valence-electron chi connectivity index (χ4n) is 3.45. The molecule has 1 amide bonds. The van der Waals surface area contributed by atoms with Gasteiger partial charge in [0.25, 0.3) is 5.91 Å². The topological polar surface area (TPSA) is 56.1 Å². The van der Waals surface area contributed by atoms with Gasteiger partial charge in [-0.2, -0.15) is 5.10 Å². The quantitative estimate of drug-likeness (QED) is 0.892. The van der Waals surface area contributed by atoms with Crippen molar-refractivity contribution in [2.75, 3.05) is 19.8 Å². The number of amides is 1. The molecule has 0 atom stereocenters. The minimum absolute atomic E-state index is 0.0393. The highest BCUT2D eigenvalue weighted by atomic mass is 16.5. The van der Waals surface area contributed by atoms with Crippen molar-refractivity contribution in [1.82, 2.24) is 15.1 Å². The molecule has 0 radical (unpaired) electrons. The lowest BCUT2D eigenvalue weighted by Crippen LogP contribution is -2.40. The molecule has 2 aliphatic rings. The Balaban J connectivity index is 2.04. The predicted octanol–water partition coefficient (Wildman–Crippen LogP) is 1.55. The lowest BCUT2D eigenvalue weighted by Gasteiger charge is -2.36. The van der Waals surface area contributed by atoms with Crippen LogP contribution in [0.5, 0.6) is 0 Å². The number of nitrogens with one attached hydrogen (secondary N) is 1. The second-order valence-corrected chi connectivity index (χ2v) is 5.91. The molecule has 3 heterocycles. The van der Waals surface area contributed by atoms with Crippen molar-refractivity contribution in [3.8, 4) is 0 Å². The molecular formula is C15H23N3O2. The number of carbonyl (C=O) groups is 1. The van der Waals surface area contributed by atoms with E-state index < -0.39 is 0 Å². The Labute approximate surface area is 119 Å². The molecule has 0 aliphatic carbocycles. The normalized spacial score (nSPS) is 21.4. The highest BCUT2D eigenvalue weighted by molar-refractivity contribution is 5.94. The summed E-state index contributed by atoms with van der Waals surface area (Å²) in [6.45, 7) is 7.25. The molecule has 5 heteroatoms. The molecule has 110 valence electrons. The van der Waals surface area contributed by atoms with E-state index in [1.807, 2.05) is 11.6 Å². The van der Waals surface area contributed by atoms with Gasteiger partial charge in [0.1, 0.15) is 5.69 Å². The number of aromatic nitrogens is 2. The Morgan fingerprint density at radius 1 is 1.35 bits per heavy atom. The van der Waals surface area contributed by atoms with Gasteiger partial charge in [-0.15, -0.1) is 0 Å². The molecule has 5 nitrogen and oxygen atoms in total. The van der Waals surface area contributed by atoms with Gasteiger partial charge >= 0.3 is 0 Å². The molecule has 1 saturated heterocycles. The van der Waals surface area contributed by atoms with Gasteiger partial charge in [0, 0.05) is 31.9 Å². The SMILES string of the molecule is CCc1nn(CC)c2c1CC1(CCOCC1)CNC2=O.